The summed E-state index contributed by atoms with van der Waals surface area (Å²) >= 11 is 0. The van der Waals surface area contributed by atoms with Gasteiger partial charge in [0, 0.05) is 12.2 Å². The molecule has 1 heterocycles. The summed E-state index contributed by atoms with van der Waals surface area (Å²) in [5.41, 5.74) is 1.22. The lowest BCUT2D eigenvalue weighted by molar-refractivity contribution is 0.555. The van der Waals surface area contributed by atoms with Gasteiger partial charge in [0.1, 0.15) is 5.82 Å². The van der Waals surface area contributed by atoms with Gasteiger partial charge in [0.05, 0.1) is 0 Å². The van der Waals surface area contributed by atoms with Gasteiger partial charge in [-0.25, -0.2) is 4.98 Å². The summed E-state index contributed by atoms with van der Waals surface area (Å²) in [4.78, 5) is 4.37. The molecule has 0 radical (unpaired) electrons. The van der Waals surface area contributed by atoms with E-state index in [1.165, 1.54) is 24.8 Å². The van der Waals surface area contributed by atoms with E-state index in [4.69, 9.17) is 0 Å². The van der Waals surface area contributed by atoms with Crippen molar-refractivity contribution in [2.45, 2.75) is 39.2 Å². The van der Waals surface area contributed by atoms with Gasteiger partial charge >= 0.3 is 0 Å². The molecule has 0 saturated heterocycles. The normalized spacial score (nSPS) is 26.4. The standard InChI is InChI=1S/C12H18N2/c1-9-6-7-12(13-8-9)14-11-5-3-4-10(11)2/h6-8,10-11H,3-5H2,1-2H3,(H,13,14). The maximum atomic E-state index is 4.37. The Morgan fingerprint density at radius 2 is 2.21 bits per heavy atom. The molecule has 1 aliphatic carbocycles. The first-order valence-electron chi connectivity index (χ1n) is 5.45. The third kappa shape index (κ3) is 2.06. The van der Waals surface area contributed by atoms with Crippen LogP contribution in [-0.4, -0.2) is 11.0 Å². The van der Waals surface area contributed by atoms with E-state index in [0.29, 0.717) is 6.04 Å². The summed E-state index contributed by atoms with van der Waals surface area (Å²) in [6.45, 7) is 4.38. The summed E-state index contributed by atoms with van der Waals surface area (Å²) in [6, 6.07) is 4.81. The van der Waals surface area contributed by atoms with Crippen LogP contribution in [0.15, 0.2) is 18.3 Å². The monoisotopic (exact) mass is 190 g/mol. The number of pyridine rings is 1. The number of nitrogens with zero attached hydrogens (tertiary/aromatic N) is 1. The van der Waals surface area contributed by atoms with Crippen molar-refractivity contribution in [1.82, 2.24) is 4.98 Å². The minimum absolute atomic E-state index is 0.630. The maximum Gasteiger partial charge on any atom is 0.126 e. The molecule has 0 spiro atoms. The van der Waals surface area contributed by atoms with Crippen LogP contribution < -0.4 is 5.32 Å². The van der Waals surface area contributed by atoms with E-state index in [9.17, 15) is 0 Å². The maximum absolute atomic E-state index is 4.37. The van der Waals surface area contributed by atoms with Gasteiger partial charge in [-0.2, -0.15) is 0 Å². The number of hydrogen-bond donors (Lipinski definition) is 1. The number of rotatable bonds is 2. The number of aromatic nitrogens is 1. The Balaban J connectivity index is 2.00. The smallest absolute Gasteiger partial charge is 0.126 e. The summed E-state index contributed by atoms with van der Waals surface area (Å²) in [7, 11) is 0. The van der Waals surface area contributed by atoms with E-state index in [2.05, 4.69) is 36.3 Å². The van der Waals surface area contributed by atoms with Crippen molar-refractivity contribution < 1.29 is 0 Å². The van der Waals surface area contributed by atoms with Crippen molar-refractivity contribution in [3.63, 3.8) is 0 Å². The van der Waals surface area contributed by atoms with E-state index in [0.717, 1.165) is 11.7 Å². The van der Waals surface area contributed by atoms with Gasteiger partial charge in [0.25, 0.3) is 0 Å². The van der Waals surface area contributed by atoms with Crippen LogP contribution in [0.4, 0.5) is 5.82 Å². The molecule has 0 amide bonds. The predicted octanol–water partition coefficient (Wildman–Crippen LogP) is 2.99. The molecule has 1 aromatic rings. The number of aryl methyl sites for hydroxylation is 1. The average molecular weight is 190 g/mol. The Hall–Kier alpha value is -1.05. The Morgan fingerprint density at radius 3 is 2.79 bits per heavy atom. The third-order valence-electron chi connectivity index (χ3n) is 3.11. The average Bonchev–Trinajstić information content (AvgIpc) is 2.56. The van der Waals surface area contributed by atoms with Crippen LogP contribution in [0.5, 0.6) is 0 Å². The molecule has 2 heteroatoms. The second-order valence-corrected chi connectivity index (χ2v) is 4.38. The highest BCUT2D eigenvalue weighted by Crippen LogP contribution is 2.27. The molecule has 0 aliphatic heterocycles. The number of hydrogen-bond acceptors (Lipinski definition) is 2. The zero-order valence-corrected chi connectivity index (χ0v) is 8.96. The van der Waals surface area contributed by atoms with Gasteiger partial charge in [0.15, 0.2) is 0 Å². The van der Waals surface area contributed by atoms with Crippen molar-refractivity contribution in [2.24, 2.45) is 5.92 Å². The van der Waals surface area contributed by atoms with Crippen molar-refractivity contribution in [3.05, 3.63) is 23.9 Å². The largest absolute Gasteiger partial charge is 0.367 e. The zero-order chi connectivity index (χ0) is 9.97. The van der Waals surface area contributed by atoms with Crippen molar-refractivity contribution >= 4 is 5.82 Å². The fraction of sp³-hybridized carbons (Fsp3) is 0.583. The molecule has 2 atom stereocenters. The minimum Gasteiger partial charge on any atom is -0.367 e. The highest BCUT2D eigenvalue weighted by molar-refractivity contribution is 5.36. The van der Waals surface area contributed by atoms with E-state index in [1.54, 1.807) is 0 Å². The van der Waals surface area contributed by atoms with Gasteiger partial charge in [-0.1, -0.05) is 19.4 Å². The fourth-order valence-electron chi connectivity index (χ4n) is 2.10. The van der Waals surface area contributed by atoms with Crippen LogP contribution >= 0.6 is 0 Å². The molecule has 1 aromatic heterocycles. The second-order valence-electron chi connectivity index (χ2n) is 4.38. The highest BCUT2D eigenvalue weighted by atomic mass is 15.0. The lowest BCUT2D eigenvalue weighted by atomic mass is 10.1. The highest BCUT2D eigenvalue weighted by Gasteiger charge is 2.22. The van der Waals surface area contributed by atoms with E-state index in [-0.39, 0.29) is 0 Å². The first-order valence-corrected chi connectivity index (χ1v) is 5.45. The van der Waals surface area contributed by atoms with Gasteiger partial charge in [-0.3, -0.25) is 0 Å². The molecule has 2 nitrogen and oxygen atoms in total. The predicted molar refractivity (Wildman–Crippen MR) is 59.4 cm³/mol. The summed E-state index contributed by atoms with van der Waals surface area (Å²) in [5, 5.41) is 3.51. The topological polar surface area (TPSA) is 24.9 Å². The molecule has 0 bridgehead atoms. The van der Waals surface area contributed by atoms with E-state index in [1.807, 2.05) is 6.20 Å². The van der Waals surface area contributed by atoms with Crippen LogP contribution in [0, 0.1) is 12.8 Å². The van der Waals surface area contributed by atoms with Gasteiger partial charge in [-0.05, 0) is 37.3 Å². The zero-order valence-electron chi connectivity index (χ0n) is 8.96. The van der Waals surface area contributed by atoms with Crippen molar-refractivity contribution in [3.8, 4) is 0 Å². The van der Waals surface area contributed by atoms with Crippen LogP contribution in [0.25, 0.3) is 0 Å². The molecule has 1 fully saturated rings. The van der Waals surface area contributed by atoms with Gasteiger partial charge in [0.2, 0.25) is 0 Å². The molecule has 14 heavy (non-hydrogen) atoms. The first-order chi connectivity index (χ1) is 6.75. The Bertz CT molecular complexity index is 292. The Labute approximate surface area is 85.7 Å². The molecule has 0 aromatic carbocycles. The lowest BCUT2D eigenvalue weighted by Crippen LogP contribution is -2.22. The lowest BCUT2D eigenvalue weighted by Gasteiger charge is -2.17. The van der Waals surface area contributed by atoms with Crippen molar-refractivity contribution in [1.29, 1.82) is 0 Å². The molecule has 1 aliphatic rings. The number of anilines is 1. The quantitative estimate of drug-likeness (QED) is 0.775. The third-order valence-corrected chi connectivity index (χ3v) is 3.11. The molecular formula is C12H18N2. The van der Waals surface area contributed by atoms with E-state index >= 15 is 0 Å². The minimum atomic E-state index is 0.630. The Morgan fingerprint density at radius 1 is 1.36 bits per heavy atom. The van der Waals surface area contributed by atoms with Gasteiger partial charge in [-0.15, -0.1) is 0 Å². The van der Waals surface area contributed by atoms with Crippen molar-refractivity contribution in [2.75, 3.05) is 5.32 Å². The first kappa shape index (κ1) is 9.50. The van der Waals surface area contributed by atoms with Crippen LogP contribution in [-0.2, 0) is 0 Å². The van der Waals surface area contributed by atoms with Crippen LogP contribution in [0.3, 0.4) is 0 Å². The molecule has 2 rings (SSSR count). The Kier molecular flexibility index (Phi) is 2.71. The summed E-state index contributed by atoms with van der Waals surface area (Å²) < 4.78 is 0. The molecule has 1 N–H and O–H groups in total. The van der Waals surface area contributed by atoms with Crippen LogP contribution in [0.2, 0.25) is 0 Å². The van der Waals surface area contributed by atoms with Crippen LogP contribution in [0.1, 0.15) is 31.7 Å². The summed E-state index contributed by atoms with van der Waals surface area (Å²) in [6.07, 6.45) is 5.91. The number of nitrogens with one attached hydrogen (secondary N) is 1. The SMILES string of the molecule is Cc1ccc(NC2CCCC2C)nc1. The summed E-state index contributed by atoms with van der Waals surface area (Å²) in [5.74, 6) is 1.81. The molecule has 1 saturated carbocycles. The molecular weight excluding hydrogens is 172 g/mol. The van der Waals surface area contributed by atoms with Gasteiger partial charge < -0.3 is 5.32 Å². The molecule has 2 unspecified atom stereocenters. The second kappa shape index (κ2) is 3.99. The fourth-order valence-corrected chi connectivity index (χ4v) is 2.10. The van der Waals surface area contributed by atoms with E-state index < -0.39 is 0 Å². The molecule has 76 valence electrons.